The van der Waals surface area contributed by atoms with Gasteiger partial charge in [0.25, 0.3) is 0 Å². The van der Waals surface area contributed by atoms with E-state index in [1.807, 2.05) is 62.2 Å². The molecular weight excluding hydrogens is 548 g/mol. The number of aromatic nitrogens is 4. The Hall–Kier alpha value is -3.18. The lowest BCUT2D eigenvalue weighted by atomic mass is 9.78. The molecule has 0 aromatic carbocycles. The third kappa shape index (κ3) is 8.22. The van der Waals surface area contributed by atoms with Crippen molar-refractivity contribution in [2.75, 3.05) is 11.9 Å². The van der Waals surface area contributed by atoms with Crippen LogP contribution in [0.1, 0.15) is 53.4 Å². The highest BCUT2D eigenvalue weighted by Crippen LogP contribution is 2.34. The minimum Gasteiger partial charge on any atom is -0.444 e. The molecule has 0 bridgehead atoms. The van der Waals surface area contributed by atoms with E-state index in [1.54, 1.807) is 12.4 Å². The molecule has 1 aliphatic carbocycles. The van der Waals surface area contributed by atoms with Crippen LogP contribution in [0.5, 0.6) is 0 Å². The molecular formula is C31H48N6O4Si. The van der Waals surface area contributed by atoms with Gasteiger partial charge in [-0.1, -0.05) is 19.6 Å². The number of fused-ring (bicyclic) bond motifs is 1. The van der Waals surface area contributed by atoms with Crippen molar-refractivity contribution in [1.82, 2.24) is 24.4 Å². The Labute approximate surface area is 250 Å². The monoisotopic (exact) mass is 596 g/mol. The van der Waals surface area contributed by atoms with E-state index in [1.165, 1.54) is 0 Å². The number of ether oxygens (including phenoxy) is 2. The van der Waals surface area contributed by atoms with Gasteiger partial charge in [-0.05, 0) is 77.5 Å². The summed E-state index contributed by atoms with van der Waals surface area (Å²) in [4.78, 5) is 34.9. The predicted octanol–water partition coefficient (Wildman–Crippen LogP) is 6.41. The molecule has 10 nitrogen and oxygen atoms in total. The molecule has 1 saturated carbocycles. The average Bonchev–Trinajstić information content (AvgIpc) is 3.48. The second-order valence-corrected chi connectivity index (χ2v) is 19.4. The molecule has 1 atom stereocenters. The summed E-state index contributed by atoms with van der Waals surface area (Å²) in [7, 11) is 0.747. The van der Waals surface area contributed by atoms with Gasteiger partial charge in [-0.25, -0.2) is 14.8 Å². The van der Waals surface area contributed by atoms with Crippen molar-refractivity contribution < 1.29 is 19.1 Å². The second-order valence-electron chi connectivity index (χ2n) is 13.8. The number of carbonyl (C=O) groups is 2. The van der Waals surface area contributed by atoms with Crippen molar-refractivity contribution >= 4 is 36.8 Å². The van der Waals surface area contributed by atoms with Gasteiger partial charge in [-0.3, -0.25) is 9.36 Å². The lowest BCUT2D eigenvalue weighted by Gasteiger charge is -2.32. The summed E-state index contributed by atoms with van der Waals surface area (Å²) in [5.41, 5.74) is 1.86. The van der Waals surface area contributed by atoms with Gasteiger partial charge < -0.3 is 24.7 Å². The normalized spacial score (nSPS) is 18.6. The summed E-state index contributed by atoms with van der Waals surface area (Å²) >= 11 is 0. The van der Waals surface area contributed by atoms with E-state index in [9.17, 15) is 9.59 Å². The largest absolute Gasteiger partial charge is 0.444 e. The first kappa shape index (κ1) is 31.7. The third-order valence-electron chi connectivity index (χ3n) is 7.92. The molecule has 2 amide bonds. The first-order chi connectivity index (χ1) is 19.7. The predicted molar refractivity (Wildman–Crippen MR) is 169 cm³/mol. The molecule has 4 rings (SSSR count). The van der Waals surface area contributed by atoms with E-state index < -0.39 is 19.8 Å². The van der Waals surface area contributed by atoms with E-state index in [0.717, 1.165) is 60.0 Å². The van der Waals surface area contributed by atoms with Gasteiger partial charge in [0.05, 0.1) is 11.4 Å². The lowest BCUT2D eigenvalue weighted by Crippen LogP contribution is -2.42. The van der Waals surface area contributed by atoms with Crippen molar-refractivity contribution in [3.05, 3.63) is 30.7 Å². The van der Waals surface area contributed by atoms with Crippen molar-refractivity contribution in [1.29, 1.82) is 0 Å². The smallest absolute Gasteiger partial charge is 0.407 e. The van der Waals surface area contributed by atoms with E-state index >= 15 is 0 Å². The summed E-state index contributed by atoms with van der Waals surface area (Å²) in [6.45, 7) is 15.7. The molecule has 0 saturated heterocycles. The molecule has 0 aliphatic heterocycles. The number of nitrogens with zero attached hydrogens (tertiary/aromatic N) is 4. The number of aryl methyl sites for hydroxylation is 1. The highest BCUT2D eigenvalue weighted by Gasteiger charge is 2.31. The van der Waals surface area contributed by atoms with Crippen LogP contribution < -0.4 is 10.6 Å². The van der Waals surface area contributed by atoms with Crippen molar-refractivity contribution in [2.45, 2.75) is 97.4 Å². The SMILES string of the molecule is CC(NC(=O)OC(C)(C)C)[C@H]1CC[C@H](C(=O)Nc2ccnc3c2cc(-c2nccn2C)n3COCC[Si](C)(C)C)CC1. The summed E-state index contributed by atoms with van der Waals surface area (Å²) < 4.78 is 15.6. The van der Waals surface area contributed by atoms with Crippen molar-refractivity contribution in [2.24, 2.45) is 18.9 Å². The molecule has 1 fully saturated rings. The Balaban J connectivity index is 1.45. The highest BCUT2D eigenvalue weighted by atomic mass is 28.3. The number of pyridine rings is 1. The Bertz CT molecular complexity index is 1380. The van der Waals surface area contributed by atoms with Gasteiger partial charge in [0.15, 0.2) is 5.82 Å². The third-order valence-corrected chi connectivity index (χ3v) is 9.62. The van der Waals surface area contributed by atoms with Gasteiger partial charge >= 0.3 is 6.09 Å². The Kier molecular flexibility index (Phi) is 9.82. The van der Waals surface area contributed by atoms with Crippen LogP contribution in [0.3, 0.4) is 0 Å². The Morgan fingerprint density at radius 1 is 1.12 bits per heavy atom. The molecule has 2 N–H and O–H groups in total. The molecule has 3 aromatic heterocycles. The van der Waals surface area contributed by atoms with Crippen LogP contribution in [0, 0.1) is 11.8 Å². The zero-order valence-corrected chi connectivity index (χ0v) is 27.5. The molecule has 3 aromatic rings. The standard InChI is InChI=1S/C31H48N6O4Si/c1-21(34-30(39)41-31(2,3)4)22-9-11-23(12-10-22)29(38)35-25-13-14-32-27-24(25)19-26(28-33-15-16-36(28)5)37(27)20-40-17-18-42(6,7)8/h13-16,19,21-23H,9-12,17-18,20H2,1-8H3,(H,34,39)(H,32,35,38)/t21?,22-,23-. The van der Waals surface area contributed by atoms with Gasteiger partial charge in [-0.2, -0.15) is 0 Å². The van der Waals surface area contributed by atoms with Gasteiger partial charge in [-0.15, -0.1) is 0 Å². The van der Waals surface area contributed by atoms with Crippen molar-refractivity contribution in [3.8, 4) is 11.5 Å². The number of hydrogen-bond acceptors (Lipinski definition) is 6. The number of amides is 2. The number of alkyl carbamates (subject to hydrolysis) is 1. The van der Waals surface area contributed by atoms with Crippen LogP contribution in [0.25, 0.3) is 22.6 Å². The van der Waals surface area contributed by atoms with Crippen LogP contribution in [0.2, 0.25) is 25.7 Å². The maximum absolute atomic E-state index is 13.4. The fourth-order valence-electron chi connectivity index (χ4n) is 5.45. The molecule has 1 unspecified atom stereocenters. The summed E-state index contributed by atoms with van der Waals surface area (Å²) in [5.74, 6) is 1.06. The quantitative estimate of drug-likeness (QED) is 0.207. The topological polar surface area (TPSA) is 112 Å². The molecule has 230 valence electrons. The van der Waals surface area contributed by atoms with E-state index in [-0.39, 0.29) is 17.9 Å². The number of nitrogens with one attached hydrogen (secondary N) is 2. The van der Waals surface area contributed by atoms with Crippen LogP contribution in [-0.2, 0) is 28.0 Å². The number of hydrogen-bond donors (Lipinski definition) is 2. The molecule has 3 heterocycles. The first-order valence-corrected chi connectivity index (χ1v) is 18.8. The summed E-state index contributed by atoms with van der Waals surface area (Å²) in [6, 6.07) is 4.97. The fourth-order valence-corrected chi connectivity index (χ4v) is 6.20. The molecule has 42 heavy (non-hydrogen) atoms. The van der Waals surface area contributed by atoms with Gasteiger partial charge in [0, 0.05) is 57.7 Å². The average molecular weight is 597 g/mol. The number of rotatable bonds is 10. The molecule has 11 heteroatoms. The van der Waals surface area contributed by atoms with Crippen molar-refractivity contribution in [3.63, 3.8) is 0 Å². The number of carbonyl (C=O) groups excluding carboxylic acids is 2. The lowest BCUT2D eigenvalue weighted by molar-refractivity contribution is -0.121. The summed E-state index contributed by atoms with van der Waals surface area (Å²) in [5, 5.41) is 7.03. The number of anilines is 1. The van der Waals surface area contributed by atoms with E-state index in [4.69, 9.17) is 9.47 Å². The first-order valence-electron chi connectivity index (χ1n) is 15.1. The zero-order valence-electron chi connectivity index (χ0n) is 26.5. The number of imidazole rings is 1. The second kappa shape index (κ2) is 13.0. The van der Waals surface area contributed by atoms with Crippen LogP contribution in [0.15, 0.2) is 30.7 Å². The molecule has 0 radical (unpaired) electrons. The van der Waals surface area contributed by atoms with E-state index in [0.29, 0.717) is 19.3 Å². The van der Waals surface area contributed by atoms with E-state index in [2.05, 4.69) is 40.2 Å². The minimum atomic E-state index is -1.22. The van der Waals surface area contributed by atoms with Crippen LogP contribution >= 0.6 is 0 Å². The van der Waals surface area contributed by atoms with Gasteiger partial charge in [0.1, 0.15) is 18.0 Å². The van der Waals surface area contributed by atoms with Crippen LogP contribution in [0.4, 0.5) is 10.5 Å². The molecule has 1 aliphatic rings. The fraction of sp³-hybridized carbons (Fsp3) is 0.613. The maximum Gasteiger partial charge on any atom is 0.407 e. The molecule has 0 spiro atoms. The summed E-state index contributed by atoms with van der Waals surface area (Å²) in [6.07, 6.45) is 8.32. The highest BCUT2D eigenvalue weighted by molar-refractivity contribution is 6.76. The Morgan fingerprint density at radius 3 is 2.45 bits per heavy atom. The zero-order chi connectivity index (χ0) is 30.7. The minimum absolute atomic E-state index is 0.0130. The van der Waals surface area contributed by atoms with Gasteiger partial charge in [0.2, 0.25) is 5.91 Å². The maximum atomic E-state index is 13.4. The van der Waals surface area contributed by atoms with Crippen LogP contribution in [-0.4, -0.2) is 57.4 Å². The Morgan fingerprint density at radius 2 is 1.83 bits per heavy atom.